The molecule has 1 aromatic rings. The standard InChI is InChI=1S/C16H24N2OS/c1-12-5-8-15(20-12)3-2-4-16(19)18-13-6-7-14(18)11-17-10-9-13/h5,8,13-14,17H,2-4,6-7,9-11H2,1H3. The summed E-state index contributed by atoms with van der Waals surface area (Å²) < 4.78 is 0. The van der Waals surface area contributed by atoms with Crippen molar-refractivity contribution in [1.29, 1.82) is 0 Å². The molecule has 0 saturated carbocycles. The second-order valence-electron chi connectivity index (χ2n) is 6.04. The number of nitrogens with zero attached hydrogens (tertiary/aromatic N) is 1. The fraction of sp³-hybridized carbons (Fsp3) is 0.688. The van der Waals surface area contributed by atoms with Gasteiger partial charge in [0.2, 0.25) is 5.91 Å². The van der Waals surface area contributed by atoms with Crippen molar-refractivity contribution in [1.82, 2.24) is 10.2 Å². The van der Waals surface area contributed by atoms with E-state index in [0.717, 1.165) is 32.4 Å². The summed E-state index contributed by atoms with van der Waals surface area (Å²) in [5, 5.41) is 3.46. The van der Waals surface area contributed by atoms with Crippen LogP contribution in [0.2, 0.25) is 0 Å². The van der Waals surface area contributed by atoms with Crippen LogP contribution < -0.4 is 5.32 Å². The first-order valence-corrected chi connectivity index (χ1v) is 8.63. The molecule has 0 spiro atoms. The quantitative estimate of drug-likeness (QED) is 0.925. The summed E-state index contributed by atoms with van der Waals surface area (Å²) in [5.74, 6) is 0.384. The molecule has 2 atom stereocenters. The molecule has 2 aliphatic rings. The first-order chi connectivity index (χ1) is 9.74. The van der Waals surface area contributed by atoms with Crippen LogP contribution in [-0.2, 0) is 11.2 Å². The third kappa shape index (κ3) is 3.07. The Balaban J connectivity index is 1.51. The van der Waals surface area contributed by atoms with Crippen molar-refractivity contribution in [2.24, 2.45) is 0 Å². The summed E-state index contributed by atoms with van der Waals surface area (Å²) in [6.45, 7) is 4.20. The minimum Gasteiger partial charge on any atom is -0.335 e. The summed E-state index contributed by atoms with van der Waals surface area (Å²) in [7, 11) is 0. The van der Waals surface area contributed by atoms with Crippen LogP contribution in [0.3, 0.4) is 0 Å². The van der Waals surface area contributed by atoms with E-state index in [1.165, 1.54) is 22.6 Å². The number of thiophene rings is 1. The van der Waals surface area contributed by atoms with Crippen LogP contribution in [0.1, 0.15) is 41.9 Å². The lowest BCUT2D eigenvalue weighted by atomic mass is 10.1. The molecule has 0 aliphatic carbocycles. The van der Waals surface area contributed by atoms with Gasteiger partial charge in [0.05, 0.1) is 0 Å². The van der Waals surface area contributed by atoms with Crippen molar-refractivity contribution < 1.29 is 4.79 Å². The Bertz CT molecular complexity index is 457. The lowest BCUT2D eigenvalue weighted by Crippen LogP contribution is -2.42. The number of hydrogen-bond donors (Lipinski definition) is 1. The second-order valence-corrected chi connectivity index (χ2v) is 7.42. The lowest BCUT2D eigenvalue weighted by molar-refractivity contribution is -0.133. The Morgan fingerprint density at radius 3 is 3.00 bits per heavy atom. The summed E-state index contributed by atoms with van der Waals surface area (Å²) in [6, 6.07) is 5.33. The lowest BCUT2D eigenvalue weighted by Gasteiger charge is -2.28. The zero-order chi connectivity index (χ0) is 13.9. The van der Waals surface area contributed by atoms with Gasteiger partial charge in [-0.3, -0.25) is 4.79 Å². The smallest absolute Gasteiger partial charge is 0.223 e. The van der Waals surface area contributed by atoms with Gasteiger partial charge in [0.25, 0.3) is 0 Å². The molecular weight excluding hydrogens is 268 g/mol. The fourth-order valence-corrected chi connectivity index (χ4v) is 4.48. The van der Waals surface area contributed by atoms with Crippen molar-refractivity contribution in [3.63, 3.8) is 0 Å². The molecule has 2 saturated heterocycles. The largest absolute Gasteiger partial charge is 0.335 e. The van der Waals surface area contributed by atoms with Crippen molar-refractivity contribution in [2.75, 3.05) is 13.1 Å². The van der Waals surface area contributed by atoms with E-state index in [0.29, 0.717) is 24.4 Å². The zero-order valence-corrected chi connectivity index (χ0v) is 13.0. The Labute approximate surface area is 125 Å². The van der Waals surface area contributed by atoms with Gasteiger partial charge in [0.15, 0.2) is 0 Å². The number of amides is 1. The predicted octanol–water partition coefficient (Wildman–Crippen LogP) is 2.73. The fourth-order valence-electron chi connectivity index (χ4n) is 3.55. The number of nitrogens with one attached hydrogen (secondary N) is 1. The maximum atomic E-state index is 12.5. The predicted molar refractivity (Wildman–Crippen MR) is 83.1 cm³/mol. The molecule has 0 radical (unpaired) electrons. The van der Waals surface area contributed by atoms with Crippen molar-refractivity contribution in [3.8, 4) is 0 Å². The molecule has 20 heavy (non-hydrogen) atoms. The van der Waals surface area contributed by atoms with Gasteiger partial charge in [0, 0.05) is 34.8 Å². The second kappa shape index (κ2) is 6.27. The van der Waals surface area contributed by atoms with E-state index < -0.39 is 0 Å². The molecule has 0 aromatic carbocycles. The topological polar surface area (TPSA) is 32.3 Å². The molecule has 1 N–H and O–H groups in total. The molecule has 110 valence electrons. The summed E-state index contributed by atoms with van der Waals surface area (Å²) in [5.41, 5.74) is 0. The molecule has 3 heterocycles. The highest BCUT2D eigenvalue weighted by Crippen LogP contribution is 2.29. The van der Waals surface area contributed by atoms with E-state index >= 15 is 0 Å². The molecule has 2 fully saturated rings. The third-order valence-corrected chi connectivity index (χ3v) is 5.61. The molecule has 3 nitrogen and oxygen atoms in total. The van der Waals surface area contributed by atoms with Gasteiger partial charge in [-0.05, 0) is 57.7 Å². The summed E-state index contributed by atoms with van der Waals surface area (Å²) in [4.78, 5) is 17.5. The highest BCUT2D eigenvalue weighted by molar-refractivity contribution is 7.11. The van der Waals surface area contributed by atoms with E-state index in [1.54, 1.807) is 0 Å². The molecule has 1 amide bonds. The summed E-state index contributed by atoms with van der Waals surface area (Å²) in [6.07, 6.45) is 6.28. The van der Waals surface area contributed by atoms with Crippen molar-refractivity contribution in [2.45, 2.75) is 57.5 Å². The monoisotopic (exact) mass is 292 g/mol. The van der Waals surface area contributed by atoms with E-state index in [9.17, 15) is 4.79 Å². The number of aryl methyl sites for hydroxylation is 2. The van der Waals surface area contributed by atoms with Crippen molar-refractivity contribution in [3.05, 3.63) is 21.9 Å². The van der Waals surface area contributed by atoms with E-state index in [2.05, 4.69) is 29.3 Å². The average molecular weight is 292 g/mol. The Morgan fingerprint density at radius 2 is 2.20 bits per heavy atom. The van der Waals surface area contributed by atoms with Gasteiger partial charge in [-0.25, -0.2) is 0 Å². The first-order valence-electron chi connectivity index (χ1n) is 7.81. The average Bonchev–Trinajstić information content (AvgIpc) is 2.92. The molecule has 2 aliphatic heterocycles. The van der Waals surface area contributed by atoms with Crippen molar-refractivity contribution >= 4 is 17.2 Å². The normalized spacial score (nSPS) is 25.8. The Morgan fingerprint density at radius 1 is 1.35 bits per heavy atom. The van der Waals surface area contributed by atoms with E-state index in [4.69, 9.17) is 0 Å². The van der Waals surface area contributed by atoms with Gasteiger partial charge in [0.1, 0.15) is 0 Å². The van der Waals surface area contributed by atoms with Crippen LogP contribution in [0.4, 0.5) is 0 Å². The van der Waals surface area contributed by atoms with Gasteiger partial charge in [-0.1, -0.05) is 0 Å². The van der Waals surface area contributed by atoms with Gasteiger partial charge in [-0.15, -0.1) is 11.3 Å². The Hall–Kier alpha value is -0.870. The van der Waals surface area contributed by atoms with E-state index in [1.807, 2.05) is 11.3 Å². The van der Waals surface area contributed by atoms with Crippen LogP contribution in [0, 0.1) is 6.92 Å². The van der Waals surface area contributed by atoms with Crippen LogP contribution in [0.25, 0.3) is 0 Å². The number of carbonyl (C=O) groups is 1. The van der Waals surface area contributed by atoms with E-state index in [-0.39, 0.29) is 0 Å². The molecule has 2 unspecified atom stereocenters. The minimum absolute atomic E-state index is 0.384. The summed E-state index contributed by atoms with van der Waals surface area (Å²) >= 11 is 1.86. The molecule has 4 heteroatoms. The molecular formula is C16H24N2OS. The Kier molecular flexibility index (Phi) is 4.41. The minimum atomic E-state index is 0.384. The third-order valence-electron chi connectivity index (χ3n) is 4.55. The number of fused-ring (bicyclic) bond motifs is 2. The van der Waals surface area contributed by atoms with Gasteiger partial charge >= 0.3 is 0 Å². The van der Waals surface area contributed by atoms with Gasteiger partial charge in [-0.2, -0.15) is 0 Å². The number of carbonyl (C=O) groups excluding carboxylic acids is 1. The molecule has 2 bridgehead atoms. The van der Waals surface area contributed by atoms with Gasteiger partial charge < -0.3 is 10.2 Å². The number of hydrogen-bond acceptors (Lipinski definition) is 3. The van der Waals surface area contributed by atoms with Crippen LogP contribution >= 0.6 is 11.3 Å². The van der Waals surface area contributed by atoms with Crippen LogP contribution in [-0.4, -0.2) is 36.0 Å². The molecule has 3 rings (SSSR count). The van der Waals surface area contributed by atoms with Crippen LogP contribution in [0.5, 0.6) is 0 Å². The molecule has 1 aromatic heterocycles. The zero-order valence-electron chi connectivity index (χ0n) is 12.2. The maximum absolute atomic E-state index is 12.5. The highest BCUT2D eigenvalue weighted by Gasteiger charge is 2.37. The number of rotatable bonds is 4. The SMILES string of the molecule is Cc1ccc(CCCC(=O)N2C3CCNCC2CC3)s1. The first kappa shape index (κ1) is 14.1. The van der Waals surface area contributed by atoms with Crippen LogP contribution in [0.15, 0.2) is 12.1 Å². The maximum Gasteiger partial charge on any atom is 0.223 e. The highest BCUT2D eigenvalue weighted by atomic mass is 32.1.